The minimum atomic E-state index is 0.653. The van der Waals surface area contributed by atoms with Gasteiger partial charge >= 0.3 is 0 Å². The summed E-state index contributed by atoms with van der Waals surface area (Å²) in [5.74, 6) is 6.64. The van der Waals surface area contributed by atoms with Crippen molar-refractivity contribution in [1.29, 1.82) is 0 Å². The number of hydrogen-bond acceptors (Lipinski definition) is 0. The van der Waals surface area contributed by atoms with Crippen molar-refractivity contribution in [3.05, 3.63) is 59.4 Å². The maximum Gasteiger partial charge on any atom is 0.0926 e. The lowest BCUT2D eigenvalue weighted by Gasteiger charge is -2.24. The van der Waals surface area contributed by atoms with Crippen molar-refractivity contribution in [2.75, 3.05) is 0 Å². The molecule has 1 aromatic carbocycles. The number of nitrogens with zero attached hydrogens (tertiary/aromatic N) is 1. The molecule has 102 valence electrons. The summed E-state index contributed by atoms with van der Waals surface area (Å²) in [6.07, 6.45) is 8.89. The van der Waals surface area contributed by atoms with Crippen LogP contribution in [0.3, 0.4) is 0 Å². The number of aryl methyl sites for hydroxylation is 1. The third-order valence-electron chi connectivity index (χ3n) is 4.10. The molecule has 1 heterocycles. The van der Waals surface area contributed by atoms with Crippen LogP contribution >= 0.6 is 0 Å². The SMILES string of the molecule is Cc1cccc(C#Cc2cccn2C2CCCCC2)c1. The summed E-state index contributed by atoms with van der Waals surface area (Å²) in [4.78, 5) is 0. The number of rotatable bonds is 1. The van der Waals surface area contributed by atoms with E-state index in [2.05, 4.69) is 65.9 Å². The van der Waals surface area contributed by atoms with Crippen LogP contribution in [0.2, 0.25) is 0 Å². The zero-order chi connectivity index (χ0) is 13.8. The lowest BCUT2D eigenvalue weighted by atomic mass is 9.95. The summed E-state index contributed by atoms with van der Waals surface area (Å²) in [6.45, 7) is 2.11. The quantitative estimate of drug-likeness (QED) is 0.657. The first kappa shape index (κ1) is 13.1. The van der Waals surface area contributed by atoms with Gasteiger partial charge in [-0.1, -0.05) is 37.3 Å². The van der Waals surface area contributed by atoms with Gasteiger partial charge in [0, 0.05) is 17.8 Å². The Morgan fingerprint density at radius 2 is 1.85 bits per heavy atom. The first-order valence-corrected chi connectivity index (χ1v) is 7.58. The largest absolute Gasteiger partial charge is 0.338 e. The molecular formula is C19H21N. The minimum absolute atomic E-state index is 0.653. The van der Waals surface area contributed by atoms with Crippen LogP contribution in [0.1, 0.15) is 55.0 Å². The Balaban J connectivity index is 1.83. The summed E-state index contributed by atoms with van der Waals surface area (Å²) >= 11 is 0. The molecule has 3 rings (SSSR count). The van der Waals surface area contributed by atoms with E-state index in [4.69, 9.17) is 0 Å². The average molecular weight is 263 g/mol. The van der Waals surface area contributed by atoms with E-state index < -0.39 is 0 Å². The van der Waals surface area contributed by atoms with E-state index in [1.807, 2.05) is 0 Å². The predicted molar refractivity (Wildman–Crippen MR) is 83.7 cm³/mol. The van der Waals surface area contributed by atoms with Gasteiger partial charge in [0.25, 0.3) is 0 Å². The fraction of sp³-hybridized carbons (Fsp3) is 0.368. The number of benzene rings is 1. The molecule has 0 N–H and O–H groups in total. The van der Waals surface area contributed by atoms with Gasteiger partial charge < -0.3 is 4.57 Å². The molecule has 0 bridgehead atoms. The van der Waals surface area contributed by atoms with Gasteiger partial charge in [-0.25, -0.2) is 0 Å². The molecule has 0 unspecified atom stereocenters. The number of aromatic nitrogens is 1. The van der Waals surface area contributed by atoms with Crippen LogP contribution in [-0.2, 0) is 0 Å². The molecule has 1 aliphatic carbocycles. The first-order chi connectivity index (χ1) is 9.83. The van der Waals surface area contributed by atoms with Gasteiger partial charge in [0.2, 0.25) is 0 Å². The zero-order valence-corrected chi connectivity index (χ0v) is 12.1. The Morgan fingerprint density at radius 3 is 2.65 bits per heavy atom. The van der Waals surface area contributed by atoms with Crippen molar-refractivity contribution >= 4 is 0 Å². The highest BCUT2D eigenvalue weighted by molar-refractivity contribution is 5.42. The van der Waals surface area contributed by atoms with E-state index in [0.717, 1.165) is 11.3 Å². The van der Waals surface area contributed by atoms with Crippen LogP contribution in [-0.4, -0.2) is 4.57 Å². The fourth-order valence-corrected chi connectivity index (χ4v) is 3.04. The second-order valence-electron chi connectivity index (χ2n) is 5.71. The van der Waals surface area contributed by atoms with Gasteiger partial charge in [0.15, 0.2) is 0 Å². The smallest absolute Gasteiger partial charge is 0.0926 e. The third kappa shape index (κ3) is 2.96. The second kappa shape index (κ2) is 6.01. The van der Waals surface area contributed by atoms with Gasteiger partial charge in [-0.3, -0.25) is 0 Å². The van der Waals surface area contributed by atoms with Crippen LogP contribution < -0.4 is 0 Å². The lowest BCUT2D eigenvalue weighted by Crippen LogP contribution is -2.13. The molecule has 20 heavy (non-hydrogen) atoms. The van der Waals surface area contributed by atoms with E-state index >= 15 is 0 Å². The molecule has 0 aliphatic heterocycles. The molecule has 1 heteroatoms. The Bertz CT molecular complexity index is 633. The maximum absolute atomic E-state index is 3.35. The van der Waals surface area contributed by atoms with E-state index in [1.54, 1.807) is 0 Å². The van der Waals surface area contributed by atoms with Gasteiger partial charge in [0.05, 0.1) is 5.69 Å². The maximum atomic E-state index is 3.35. The highest BCUT2D eigenvalue weighted by Gasteiger charge is 2.15. The van der Waals surface area contributed by atoms with Crippen LogP contribution in [0.25, 0.3) is 0 Å². The monoisotopic (exact) mass is 263 g/mol. The first-order valence-electron chi connectivity index (χ1n) is 7.58. The predicted octanol–water partition coefficient (Wildman–Crippen LogP) is 4.70. The Morgan fingerprint density at radius 1 is 1.00 bits per heavy atom. The van der Waals surface area contributed by atoms with Crippen molar-refractivity contribution < 1.29 is 0 Å². The molecule has 2 aromatic rings. The third-order valence-corrected chi connectivity index (χ3v) is 4.10. The standard InChI is InChI=1S/C19H21N/c1-16-7-5-8-17(15-16)12-13-19-11-6-14-20(19)18-9-3-2-4-10-18/h5-8,11,14-15,18H,2-4,9-10H2,1H3. The Labute approximate surface area is 121 Å². The second-order valence-corrected chi connectivity index (χ2v) is 5.71. The van der Waals surface area contributed by atoms with E-state index in [9.17, 15) is 0 Å². The summed E-state index contributed by atoms with van der Waals surface area (Å²) < 4.78 is 2.38. The molecule has 1 fully saturated rings. The molecule has 0 amide bonds. The van der Waals surface area contributed by atoms with Crippen molar-refractivity contribution in [1.82, 2.24) is 4.57 Å². The van der Waals surface area contributed by atoms with Crippen LogP contribution in [0, 0.1) is 18.8 Å². The van der Waals surface area contributed by atoms with Gasteiger partial charge in [-0.05, 0) is 55.5 Å². The molecule has 0 saturated heterocycles. The van der Waals surface area contributed by atoms with E-state index in [1.165, 1.54) is 37.7 Å². The zero-order valence-electron chi connectivity index (χ0n) is 12.1. The topological polar surface area (TPSA) is 4.93 Å². The molecule has 1 aromatic heterocycles. The summed E-state index contributed by atoms with van der Waals surface area (Å²) in [5, 5.41) is 0. The molecule has 0 spiro atoms. The fourth-order valence-electron chi connectivity index (χ4n) is 3.04. The highest BCUT2D eigenvalue weighted by Crippen LogP contribution is 2.29. The summed E-state index contributed by atoms with van der Waals surface area (Å²) in [7, 11) is 0. The van der Waals surface area contributed by atoms with Crippen LogP contribution in [0.5, 0.6) is 0 Å². The molecule has 1 saturated carbocycles. The summed E-state index contributed by atoms with van der Waals surface area (Å²) in [5.41, 5.74) is 3.51. The average Bonchev–Trinajstić information content (AvgIpc) is 2.95. The normalized spacial score (nSPS) is 15.7. The Kier molecular flexibility index (Phi) is 3.92. The molecule has 0 radical (unpaired) electrons. The van der Waals surface area contributed by atoms with Crippen molar-refractivity contribution in [3.8, 4) is 11.8 Å². The van der Waals surface area contributed by atoms with Gasteiger partial charge in [0.1, 0.15) is 0 Å². The van der Waals surface area contributed by atoms with Crippen molar-refractivity contribution in [2.24, 2.45) is 0 Å². The van der Waals surface area contributed by atoms with Gasteiger partial charge in [-0.15, -0.1) is 0 Å². The van der Waals surface area contributed by atoms with Crippen LogP contribution in [0.4, 0.5) is 0 Å². The molecule has 0 atom stereocenters. The highest BCUT2D eigenvalue weighted by atomic mass is 15.0. The molecule has 1 aliphatic rings. The number of hydrogen-bond donors (Lipinski definition) is 0. The summed E-state index contributed by atoms with van der Waals surface area (Å²) in [6, 6.07) is 13.3. The minimum Gasteiger partial charge on any atom is -0.338 e. The van der Waals surface area contributed by atoms with E-state index in [-0.39, 0.29) is 0 Å². The molecular weight excluding hydrogens is 242 g/mol. The van der Waals surface area contributed by atoms with E-state index in [0.29, 0.717) is 6.04 Å². The van der Waals surface area contributed by atoms with Crippen molar-refractivity contribution in [2.45, 2.75) is 45.1 Å². The van der Waals surface area contributed by atoms with Gasteiger partial charge in [-0.2, -0.15) is 0 Å². The van der Waals surface area contributed by atoms with Crippen molar-refractivity contribution in [3.63, 3.8) is 0 Å². The lowest BCUT2D eigenvalue weighted by molar-refractivity contribution is 0.352. The molecule has 1 nitrogen and oxygen atoms in total. The Hall–Kier alpha value is -1.94. The van der Waals surface area contributed by atoms with Crippen LogP contribution in [0.15, 0.2) is 42.6 Å².